The van der Waals surface area contributed by atoms with Gasteiger partial charge >= 0.3 is 6.03 Å². The van der Waals surface area contributed by atoms with Gasteiger partial charge < -0.3 is 20.7 Å². The molecule has 1 fully saturated rings. The number of rotatable bonds is 7. The monoisotopic (exact) mass is 635 g/mol. The molecule has 1 saturated heterocycles. The molecule has 0 radical (unpaired) electrons. The van der Waals surface area contributed by atoms with Crippen molar-refractivity contribution in [3.8, 4) is 5.75 Å². The quantitative estimate of drug-likeness (QED) is 0.187. The molecule has 4 aromatic rings. The molecule has 0 bridgehead atoms. The number of anilines is 1. The fourth-order valence-electron chi connectivity index (χ4n) is 6.49. The standard InChI is InChI=1S/C36H41N7O4/c1-34(2,3)24-18-23(31(45)37-5)19-25(20-24)38-33(46)39-36(22-44)16-14-29(27-10-7-8-11-28(27)36)47-26-12-13-30-40-41-32(43(30)21-26)35(4)15-9-17-42(35)6/h7-8,10-14,16,18-22,29H,9,15,17H2,1-6H3,(H,37,45)(H2,38,39,46)/t29-,35+,36-/m1/s1. The topological polar surface area (TPSA) is 130 Å². The molecule has 2 aromatic carbocycles. The number of likely N-dealkylation sites (tertiary alicyclic amines) is 1. The molecule has 1 aliphatic heterocycles. The maximum Gasteiger partial charge on any atom is 0.320 e. The van der Waals surface area contributed by atoms with Crippen LogP contribution in [0, 0.1) is 0 Å². The van der Waals surface area contributed by atoms with Crippen molar-refractivity contribution in [1.82, 2.24) is 30.1 Å². The van der Waals surface area contributed by atoms with Gasteiger partial charge in [0.15, 0.2) is 17.8 Å². The van der Waals surface area contributed by atoms with Crippen LogP contribution in [0.5, 0.6) is 5.75 Å². The van der Waals surface area contributed by atoms with Gasteiger partial charge in [0.1, 0.15) is 17.4 Å². The van der Waals surface area contributed by atoms with Gasteiger partial charge in [0.05, 0.1) is 11.7 Å². The van der Waals surface area contributed by atoms with E-state index in [0.717, 1.165) is 42.0 Å². The minimum atomic E-state index is -1.45. The lowest BCUT2D eigenvalue weighted by atomic mass is 9.81. The Morgan fingerprint density at radius 2 is 1.87 bits per heavy atom. The van der Waals surface area contributed by atoms with Crippen molar-refractivity contribution < 1.29 is 19.1 Å². The van der Waals surface area contributed by atoms with Crippen LogP contribution in [0.25, 0.3) is 5.65 Å². The minimum absolute atomic E-state index is 0.233. The second-order valence-corrected chi connectivity index (χ2v) is 13.6. The average molecular weight is 636 g/mol. The Kier molecular flexibility index (Phi) is 8.13. The number of aromatic nitrogens is 3. The average Bonchev–Trinajstić information content (AvgIpc) is 3.63. The summed E-state index contributed by atoms with van der Waals surface area (Å²) in [6, 6.07) is 15.8. The van der Waals surface area contributed by atoms with E-state index in [0.29, 0.717) is 28.8 Å². The van der Waals surface area contributed by atoms with E-state index in [1.54, 1.807) is 25.3 Å². The first kappa shape index (κ1) is 31.9. The number of carbonyl (C=O) groups excluding carboxylic acids is 3. The van der Waals surface area contributed by atoms with Crippen LogP contribution in [0.3, 0.4) is 0 Å². The number of urea groups is 1. The van der Waals surface area contributed by atoms with Gasteiger partial charge in [0.2, 0.25) is 0 Å². The first-order valence-corrected chi connectivity index (χ1v) is 15.8. The number of carbonyl (C=O) groups is 3. The van der Waals surface area contributed by atoms with Crippen molar-refractivity contribution in [2.75, 3.05) is 26.0 Å². The summed E-state index contributed by atoms with van der Waals surface area (Å²) in [5.74, 6) is 1.21. The van der Waals surface area contributed by atoms with Crippen LogP contribution in [0.15, 0.2) is 72.9 Å². The summed E-state index contributed by atoms with van der Waals surface area (Å²) in [5.41, 5.74) is 1.86. The van der Waals surface area contributed by atoms with Crippen molar-refractivity contribution in [3.63, 3.8) is 0 Å². The molecule has 0 spiro atoms. The third-order valence-electron chi connectivity index (χ3n) is 9.42. The van der Waals surface area contributed by atoms with Crippen LogP contribution in [0.1, 0.15) is 79.5 Å². The minimum Gasteiger partial charge on any atom is -0.480 e. The number of benzene rings is 2. The molecule has 3 amide bonds. The Morgan fingerprint density at radius 1 is 1.09 bits per heavy atom. The molecule has 3 heterocycles. The van der Waals surface area contributed by atoms with Crippen molar-refractivity contribution >= 4 is 29.6 Å². The number of hydrogen-bond acceptors (Lipinski definition) is 7. The van der Waals surface area contributed by atoms with Gasteiger partial charge in [-0.3, -0.25) is 18.9 Å². The van der Waals surface area contributed by atoms with Gasteiger partial charge in [-0.1, -0.05) is 45.0 Å². The van der Waals surface area contributed by atoms with Gasteiger partial charge in [-0.2, -0.15) is 0 Å². The van der Waals surface area contributed by atoms with Crippen molar-refractivity contribution in [1.29, 1.82) is 0 Å². The highest BCUT2D eigenvalue weighted by Gasteiger charge is 2.40. The van der Waals surface area contributed by atoms with Crippen LogP contribution in [-0.4, -0.2) is 58.4 Å². The molecule has 0 saturated carbocycles. The molecule has 3 atom stereocenters. The van der Waals surface area contributed by atoms with Crippen LogP contribution in [0.2, 0.25) is 0 Å². The SMILES string of the molecule is CNC(=O)c1cc(NC(=O)N[C@@]2(C=O)C=C[C@@H](Oc3ccc4nnc([C@]5(C)CCCN5C)n4c3)c3ccccc32)cc(C(C)(C)C)c1. The normalized spacial score (nSPS) is 22.5. The number of fused-ring (bicyclic) bond motifs is 2. The molecule has 1 aliphatic carbocycles. The van der Waals surface area contributed by atoms with E-state index in [1.807, 2.05) is 79.9 Å². The third kappa shape index (κ3) is 5.87. The zero-order chi connectivity index (χ0) is 33.6. The highest BCUT2D eigenvalue weighted by Crippen LogP contribution is 2.39. The van der Waals surface area contributed by atoms with Crippen LogP contribution >= 0.6 is 0 Å². The van der Waals surface area contributed by atoms with E-state index < -0.39 is 17.7 Å². The van der Waals surface area contributed by atoms with Gasteiger partial charge in [-0.25, -0.2) is 4.79 Å². The molecular formula is C36H41N7O4. The van der Waals surface area contributed by atoms with Gasteiger partial charge in [0, 0.05) is 23.9 Å². The Balaban J connectivity index is 1.27. The molecule has 6 rings (SSSR count). The Bertz CT molecular complexity index is 1890. The highest BCUT2D eigenvalue weighted by atomic mass is 16.5. The second-order valence-electron chi connectivity index (χ2n) is 13.6. The van der Waals surface area contributed by atoms with E-state index in [1.165, 1.54) is 0 Å². The number of nitrogens with one attached hydrogen (secondary N) is 3. The molecule has 2 aromatic heterocycles. The molecule has 47 heavy (non-hydrogen) atoms. The summed E-state index contributed by atoms with van der Waals surface area (Å²) in [7, 11) is 3.67. The Hall–Kier alpha value is -5.03. The largest absolute Gasteiger partial charge is 0.480 e. The maximum absolute atomic E-state index is 13.5. The van der Waals surface area contributed by atoms with Gasteiger partial charge in [-0.05, 0) is 92.4 Å². The van der Waals surface area contributed by atoms with Crippen LogP contribution in [0.4, 0.5) is 10.5 Å². The first-order chi connectivity index (χ1) is 22.4. The summed E-state index contributed by atoms with van der Waals surface area (Å²) in [4.78, 5) is 41.0. The molecule has 11 nitrogen and oxygen atoms in total. The number of ether oxygens (including phenoxy) is 1. The predicted octanol–water partition coefficient (Wildman–Crippen LogP) is 5.23. The third-order valence-corrected chi connectivity index (χ3v) is 9.42. The second kappa shape index (κ2) is 12.0. The molecule has 3 N–H and O–H groups in total. The van der Waals surface area contributed by atoms with Crippen LogP contribution < -0.4 is 20.7 Å². The fraction of sp³-hybridized carbons (Fsp3) is 0.361. The lowest BCUT2D eigenvalue weighted by Crippen LogP contribution is -2.49. The number of amides is 3. The summed E-state index contributed by atoms with van der Waals surface area (Å²) >= 11 is 0. The zero-order valence-electron chi connectivity index (χ0n) is 27.6. The van der Waals surface area contributed by atoms with E-state index >= 15 is 0 Å². The number of hydrogen-bond donors (Lipinski definition) is 3. The fourth-order valence-corrected chi connectivity index (χ4v) is 6.49. The van der Waals surface area contributed by atoms with Gasteiger partial charge in [0.25, 0.3) is 5.91 Å². The van der Waals surface area contributed by atoms with E-state index in [2.05, 4.69) is 45.0 Å². The van der Waals surface area contributed by atoms with Crippen molar-refractivity contribution in [2.24, 2.45) is 0 Å². The molecule has 0 unspecified atom stereocenters. The molecule has 11 heteroatoms. The molecule has 2 aliphatic rings. The summed E-state index contributed by atoms with van der Waals surface area (Å²) in [6.45, 7) is 9.27. The number of pyridine rings is 1. The highest BCUT2D eigenvalue weighted by molar-refractivity contribution is 5.98. The number of aldehydes is 1. The smallest absolute Gasteiger partial charge is 0.320 e. The summed E-state index contributed by atoms with van der Waals surface area (Å²) in [6.07, 6.45) is 7.62. The lowest BCUT2D eigenvalue weighted by Gasteiger charge is -2.34. The first-order valence-electron chi connectivity index (χ1n) is 15.8. The zero-order valence-corrected chi connectivity index (χ0v) is 27.6. The lowest BCUT2D eigenvalue weighted by molar-refractivity contribution is -0.111. The number of nitrogens with zero attached hydrogens (tertiary/aromatic N) is 4. The van der Waals surface area contributed by atoms with Gasteiger partial charge in [-0.15, -0.1) is 10.2 Å². The van der Waals surface area contributed by atoms with E-state index in [-0.39, 0.29) is 16.9 Å². The Morgan fingerprint density at radius 3 is 2.57 bits per heavy atom. The molecular weight excluding hydrogens is 594 g/mol. The van der Waals surface area contributed by atoms with Crippen molar-refractivity contribution in [3.05, 3.63) is 101 Å². The predicted molar refractivity (Wildman–Crippen MR) is 180 cm³/mol. The van der Waals surface area contributed by atoms with Crippen molar-refractivity contribution in [2.45, 2.75) is 63.1 Å². The van der Waals surface area contributed by atoms with E-state index in [9.17, 15) is 14.4 Å². The van der Waals surface area contributed by atoms with Crippen LogP contribution in [-0.2, 0) is 21.3 Å². The summed E-state index contributed by atoms with van der Waals surface area (Å²) < 4.78 is 8.49. The van der Waals surface area contributed by atoms with E-state index in [4.69, 9.17) is 4.74 Å². The molecule has 244 valence electrons. The maximum atomic E-state index is 13.5. The Labute approximate surface area is 274 Å². The summed E-state index contributed by atoms with van der Waals surface area (Å²) in [5, 5.41) is 17.3.